The number of carbonyl (C=O) groups excluding carboxylic acids is 2. The maximum absolute atomic E-state index is 13.2. The maximum atomic E-state index is 13.2. The highest BCUT2D eigenvalue weighted by Crippen LogP contribution is 2.28. The van der Waals surface area contributed by atoms with Crippen LogP contribution < -0.4 is 14.8 Å². The molecule has 0 aromatic heterocycles. The minimum atomic E-state index is -0.610. The Kier molecular flexibility index (Phi) is 9.66. The van der Waals surface area contributed by atoms with Gasteiger partial charge in [0, 0.05) is 24.5 Å². The van der Waals surface area contributed by atoms with Gasteiger partial charge in [0.05, 0.1) is 14.2 Å². The van der Waals surface area contributed by atoms with Crippen LogP contribution in [0, 0.1) is 0 Å². The van der Waals surface area contributed by atoms with Gasteiger partial charge >= 0.3 is 0 Å². The highest BCUT2D eigenvalue weighted by atomic mass is 35.5. The van der Waals surface area contributed by atoms with E-state index in [1.54, 1.807) is 32.1 Å². The first-order valence-corrected chi connectivity index (χ1v) is 10.8. The van der Waals surface area contributed by atoms with Gasteiger partial charge in [-0.3, -0.25) is 9.59 Å². The monoisotopic (exact) mass is 446 g/mol. The summed E-state index contributed by atoms with van der Waals surface area (Å²) in [7, 11) is 3.16. The number of ether oxygens (including phenoxy) is 2. The Hall–Kier alpha value is -2.73. The van der Waals surface area contributed by atoms with E-state index in [4.69, 9.17) is 21.1 Å². The van der Waals surface area contributed by atoms with Gasteiger partial charge in [-0.25, -0.2) is 0 Å². The van der Waals surface area contributed by atoms with E-state index < -0.39 is 6.04 Å². The zero-order valence-electron chi connectivity index (χ0n) is 18.6. The fraction of sp³-hybridized carbons (Fsp3) is 0.417. The van der Waals surface area contributed by atoms with Crippen LogP contribution in [0.3, 0.4) is 0 Å². The predicted octanol–water partition coefficient (Wildman–Crippen LogP) is 4.23. The summed E-state index contributed by atoms with van der Waals surface area (Å²) in [5.74, 6) is 0.967. The number of nitrogens with zero attached hydrogens (tertiary/aromatic N) is 1. The zero-order chi connectivity index (χ0) is 22.8. The van der Waals surface area contributed by atoms with Crippen molar-refractivity contribution in [3.63, 3.8) is 0 Å². The van der Waals surface area contributed by atoms with E-state index in [1.165, 1.54) is 0 Å². The minimum absolute atomic E-state index is 0.117. The van der Waals surface area contributed by atoms with Crippen LogP contribution in [-0.2, 0) is 22.6 Å². The van der Waals surface area contributed by atoms with Crippen LogP contribution in [0.4, 0.5) is 0 Å². The molecule has 0 heterocycles. The number of rotatable bonds is 11. The molecule has 0 radical (unpaired) electrons. The van der Waals surface area contributed by atoms with Crippen molar-refractivity contribution >= 4 is 23.4 Å². The van der Waals surface area contributed by atoms with E-state index in [2.05, 4.69) is 5.32 Å². The van der Waals surface area contributed by atoms with E-state index in [0.29, 0.717) is 29.5 Å². The van der Waals surface area contributed by atoms with Gasteiger partial charge in [-0.2, -0.15) is 0 Å². The van der Waals surface area contributed by atoms with Crippen LogP contribution in [0.15, 0.2) is 42.5 Å². The zero-order valence-corrected chi connectivity index (χ0v) is 19.4. The molecule has 0 spiro atoms. The Morgan fingerprint density at radius 2 is 1.81 bits per heavy atom. The third kappa shape index (κ3) is 6.89. The van der Waals surface area contributed by atoms with Crippen molar-refractivity contribution in [1.29, 1.82) is 0 Å². The van der Waals surface area contributed by atoms with Crippen LogP contribution in [0.5, 0.6) is 11.5 Å². The largest absolute Gasteiger partial charge is 0.493 e. The van der Waals surface area contributed by atoms with Crippen LogP contribution in [0.25, 0.3) is 0 Å². The van der Waals surface area contributed by atoms with Gasteiger partial charge < -0.3 is 19.7 Å². The second kappa shape index (κ2) is 12.2. The summed E-state index contributed by atoms with van der Waals surface area (Å²) in [6.07, 6.45) is 1.60. The standard InChI is InChI=1S/C24H31ClN2O4/c1-5-14-26-24(29)17(2)27(16-19-8-6-7-9-20(19)25)23(28)13-11-18-10-12-21(30-3)22(15-18)31-4/h6-10,12,15,17H,5,11,13-14,16H2,1-4H3,(H,26,29)/t17-/m1/s1. The number of halogens is 1. The Morgan fingerprint density at radius 3 is 2.45 bits per heavy atom. The quantitative estimate of drug-likeness (QED) is 0.560. The van der Waals surface area contributed by atoms with Gasteiger partial charge in [0.2, 0.25) is 11.8 Å². The van der Waals surface area contributed by atoms with E-state index >= 15 is 0 Å². The Balaban J connectivity index is 2.17. The molecule has 0 bridgehead atoms. The van der Waals surface area contributed by atoms with Crippen LogP contribution in [-0.4, -0.2) is 43.5 Å². The molecular weight excluding hydrogens is 416 g/mol. The predicted molar refractivity (Wildman–Crippen MR) is 123 cm³/mol. The Morgan fingerprint density at radius 1 is 1.10 bits per heavy atom. The molecule has 2 amide bonds. The Labute approximate surface area is 189 Å². The first kappa shape index (κ1) is 24.5. The number of amides is 2. The lowest BCUT2D eigenvalue weighted by Crippen LogP contribution is -2.47. The average Bonchev–Trinajstić information content (AvgIpc) is 2.79. The molecular formula is C24H31ClN2O4. The smallest absolute Gasteiger partial charge is 0.242 e. The summed E-state index contributed by atoms with van der Waals surface area (Å²) in [6, 6.07) is 12.3. The number of aryl methyl sites for hydroxylation is 1. The fourth-order valence-electron chi connectivity index (χ4n) is 3.22. The van der Waals surface area contributed by atoms with Crippen molar-refractivity contribution in [2.45, 2.75) is 45.7 Å². The third-order valence-electron chi connectivity index (χ3n) is 5.09. The molecule has 0 aliphatic heterocycles. The van der Waals surface area contributed by atoms with E-state index in [1.807, 2.05) is 43.3 Å². The number of methoxy groups -OCH3 is 2. The molecule has 0 aliphatic carbocycles. The molecule has 0 saturated heterocycles. The van der Waals surface area contributed by atoms with Crippen molar-refractivity contribution in [1.82, 2.24) is 10.2 Å². The van der Waals surface area contributed by atoms with Gasteiger partial charge in [-0.15, -0.1) is 0 Å². The SMILES string of the molecule is CCCNC(=O)[C@@H](C)N(Cc1ccccc1Cl)C(=O)CCc1ccc(OC)c(OC)c1. The molecule has 31 heavy (non-hydrogen) atoms. The lowest BCUT2D eigenvalue weighted by molar-refractivity contribution is -0.140. The maximum Gasteiger partial charge on any atom is 0.242 e. The second-order valence-corrected chi connectivity index (χ2v) is 7.68. The molecule has 2 aromatic carbocycles. The first-order valence-electron chi connectivity index (χ1n) is 10.4. The molecule has 7 heteroatoms. The topological polar surface area (TPSA) is 67.9 Å². The molecule has 1 atom stereocenters. The number of carbonyl (C=O) groups is 2. The summed E-state index contributed by atoms with van der Waals surface area (Å²) in [6.45, 7) is 4.57. The van der Waals surface area contributed by atoms with Gasteiger partial charge in [0.15, 0.2) is 11.5 Å². The number of hydrogen-bond acceptors (Lipinski definition) is 4. The first-order chi connectivity index (χ1) is 14.9. The van der Waals surface area contributed by atoms with E-state index in [9.17, 15) is 9.59 Å². The van der Waals surface area contributed by atoms with Crippen molar-refractivity contribution in [2.24, 2.45) is 0 Å². The second-order valence-electron chi connectivity index (χ2n) is 7.27. The lowest BCUT2D eigenvalue weighted by Gasteiger charge is -2.29. The summed E-state index contributed by atoms with van der Waals surface area (Å²) < 4.78 is 10.6. The Bertz CT molecular complexity index is 888. The average molecular weight is 447 g/mol. The highest BCUT2D eigenvalue weighted by Gasteiger charge is 2.26. The molecule has 0 saturated carbocycles. The highest BCUT2D eigenvalue weighted by molar-refractivity contribution is 6.31. The van der Waals surface area contributed by atoms with Crippen molar-refractivity contribution in [3.05, 3.63) is 58.6 Å². The third-order valence-corrected chi connectivity index (χ3v) is 5.46. The van der Waals surface area contributed by atoms with Gasteiger partial charge in [0.1, 0.15) is 6.04 Å². The molecule has 2 rings (SSSR count). The lowest BCUT2D eigenvalue weighted by atomic mass is 10.1. The number of nitrogens with one attached hydrogen (secondary N) is 1. The van der Waals surface area contributed by atoms with Crippen LogP contribution >= 0.6 is 11.6 Å². The van der Waals surface area contributed by atoms with Gasteiger partial charge in [-0.05, 0) is 49.1 Å². The van der Waals surface area contributed by atoms with Crippen LogP contribution in [0.2, 0.25) is 5.02 Å². The summed E-state index contributed by atoms with van der Waals surface area (Å²) in [5.41, 5.74) is 1.76. The molecule has 0 aliphatic rings. The minimum Gasteiger partial charge on any atom is -0.493 e. The molecule has 168 valence electrons. The normalized spacial score (nSPS) is 11.5. The summed E-state index contributed by atoms with van der Waals surface area (Å²) >= 11 is 6.31. The van der Waals surface area contributed by atoms with E-state index in [0.717, 1.165) is 17.5 Å². The van der Waals surface area contributed by atoms with E-state index in [-0.39, 0.29) is 24.8 Å². The van der Waals surface area contributed by atoms with Crippen molar-refractivity contribution < 1.29 is 19.1 Å². The molecule has 6 nitrogen and oxygen atoms in total. The van der Waals surface area contributed by atoms with Crippen molar-refractivity contribution in [3.8, 4) is 11.5 Å². The molecule has 0 unspecified atom stereocenters. The molecule has 0 fully saturated rings. The molecule has 2 aromatic rings. The number of hydrogen-bond donors (Lipinski definition) is 1. The summed E-state index contributed by atoms with van der Waals surface area (Å²) in [5, 5.41) is 3.44. The van der Waals surface area contributed by atoms with Gasteiger partial charge in [-0.1, -0.05) is 42.8 Å². The fourth-order valence-corrected chi connectivity index (χ4v) is 3.42. The van der Waals surface area contributed by atoms with Crippen molar-refractivity contribution in [2.75, 3.05) is 20.8 Å². The van der Waals surface area contributed by atoms with Crippen LogP contribution in [0.1, 0.15) is 37.8 Å². The molecule has 1 N–H and O–H groups in total. The van der Waals surface area contributed by atoms with Gasteiger partial charge in [0.25, 0.3) is 0 Å². The summed E-state index contributed by atoms with van der Waals surface area (Å²) in [4.78, 5) is 27.3. The number of benzene rings is 2.